The van der Waals surface area contributed by atoms with E-state index in [1.54, 1.807) is 0 Å². The van der Waals surface area contributed by atoms with Crippen LogP contribution in [-0.4, -0.2) is 96.7 Å². The lowest BCUT2D eigenvalue weighted by atomic mass is 9.99. The Kier molecular flexibility index (Phi) is 71.6. The van der Waals surface area contributed by atoms with Crippen LogP contribution < -0.4 is 0 Å². The van der Waals surface area contributed by atoms with Crippen LogP contribution in [0.1, 0.15) is 407 Å². The second-order valence-corrected chi connectivity index (χ2v) is 31.6. The Bertz CT molecular complexity index is 2010. The zero-order chi connectivity index (χ0) is 73.4. The Morgan fingerprint density at radius 3 is 0.850 bits per heavy atom. The molecule has 0 aromatic rings. The summed E-state index contributed by atoms with van der Waals surface area (Å²) < 4.78 is 68.7. The summed E-state index contributed by atoms with van der Waals surface area (Å²) in [6, 6.07) is 0. The molecule has 0 bridgehead atoms. The minimum atomic E-state index is -4.97. The standard InChI is InChI=1S/C81H154O17P2/c1-6-10-13-16-19-22-25-28-31-33-36-39-42-45-52-57-62-67-80(85)97-76(70-91-78(83)64-59-54-49-43-40-37-35-32-29-26-23-20-17-14-11-7-2)72-95-99(87,88)93-68-75(82)69-94-100(89,90)96-73-77(71-92-79(84)65-60-55-50-47-46-48-53-58-63-74(5)9-4)98-81(86)66-61-56-51-44-41-38-34-30-27-24-21-18-15-12-8-3/h24,27,30,34,74-77,82H,6-23,25-26,28-29,31-33,35-73H2,1-5H3,(H,87,88)(H,89,90)/b27-24-,34-30-/t74?,75-,76-,77-/m1/s1. The summed E-state index contributed by atoms with van der Waals surface area (Å²) in [5.74, 6) is -1.36. The maximum Gasteiger partial charge on any atom is 0.472 e. The van der Waals surface area contributed by atoms with Crippen LogP contribution in [0.25, 0.3) is 0 Å². The summed E-state index contributed by atoms with van der Waals surface area (Å²) in [5.41, 5.74) is 0. The minimum absolute atomic E-state index is 0.0850. The van der Waals surface area contributed by atoms with Crippen molar-refractivity contribution >= 4 is 39.5 Å². The van der Waals surface area contributed by atoms with E-state index in [4.69, 9.17) is 37.0 Å². The number of hydrogen-bond acceptors (Lipinski definition) is 15. The monoisotopic (exact) mass is 1460 g/mol. The molecule has 0 aliphatic heterocycles. The lowest BCUT2D eigenvalue weighted by Gasteiger charge is -2.21. The van der Waals surface area contributed by atoms with Gasteiger partial charge in [-0.15, -0.1) is 0 Å². The summed E-state index contributed by atoms with van der Waals surface area (Å²) >= 11 is 0. The van der Waals surface area contributed by atoms with E-state index in [-0.39, 0.29) is 25.7 Å². The van der Waals surface area contributed by atoms with Crippen molar-refractivity contribution in [2.24, 2.45) is 5.92 Å². The van der Waals surface area contributed by atoms with E-state index in [1.165, 1.54) is 218 Å². The van der Waals surface area contributed by atoms with Crippen molar-refractivity contribution in [1.82, 2.24) is 0 Å². The number of aliphatic hydroxyl groups is 1. The molecule has 0 aliphatic carbocycles. The molecule has 0 amide bonds. The lowest BCUT2D eigenvalue weighted by Crippen LogP contribution is -2.30. The van der Waals surface area contributed by atoms with Crippen LogP contribution in [0.3, 0.4) is 0 Å². The zero-order valence-corrected chi connectivity index (χ0v) is 66.6. The summed E-state index contributed by atoms with van der Waals surface area (Å²) in [6.45, 7) is 7.27. The number of aliphatic hydroxyl groups excluding tert-OH is 1. The van der Waals surface area contributed by atoms with E-state index in [0.29, 0.717) is 25.7 Å². The number of allylic oxidation sites excluding steroid dienone is 4. The third kappa shape index (κ3) is 72.5. The molecule has 0 heterocycles. The molecule has 100 heavy (non-hydrogen) atoms. The Balaban J connectivity index is 5.30. The predicted octanol–water partition coefficient (Wildman–Crippen LogP) is 24.0. The number of hydrogen-bond donors (Lipinski definition) is 3. The van der Waals surface area contributed by atoms with E-state index in [0.717, 1.165) is 109 Å². The molecule has 0 spiro atoms. The van der Waals surface area contributed by atoms with Crippen molar-refractivity contribution in [3.8, 4) is 0 Å². The fourth-order valence-corrected chi connectivity index (χ4v) is 13.6. The average Bonchev–Trinajstić information content (AvgIpc) is 1.13. The normalized spacial score (nSPS) is 14.3. The number of phosphoric ester groups is 2. The van der Waals surface area contributed by atoms with Gasteiger partial charge in [0.25, 0.3) is 0 Å². The highest BCUT2D eigenvalue weighted by Crippen LogP contribution is 2.45. The summed E-state index contributed by atoms with van der Waals surface area (Å²) in [4.78, 5) is 73.0. The first-order valence-electron chi connectivity index (χ1n) is 41.5. The van der Waals surface area contributed by atoms with Crippen molar-refractivity contribution in [2.75, 3.05) is 39.6 Å². The van der Waals surface area contributed by atoms with E-state index in [9.17, 15) is 43.2 Å². The molecule has 0 saturated carbocycles. The van der Waals surface area contributed by atoms with Gasteiger partial charge in [-0.2, -0.15) is 0 Å². The molecule has 0 aromatic carbocycles. The number of carbonyl (C=O) groups is 4. The summed E-state index contributed by atoms with van der Waals surface area (Å²) in [7, 11) is -9.93. The maximum atomic E-state index is 13.1. The average molecular weight is 1460 g/mol. The molecule has 0 radical (unpaired) electrons. The first kappa shape index (κ1) is 97.5. The van der Waals surface area contributed by atoms with Crippen LogP contribution in [0, 0.1) is 5.92 Å². The molecule has 3 unspecified atom stereocenters. The van der Waals surface area contributed by atoms with Gasteiger partial charge in [0, 0.05) is 25.7 Å². The van der Waals surface area contributed by atoms with E-state index in [2.05, 4.69) is 58.9 Å². The molecule has 6 atom stereocenters. The third-order valence-electron chi connectivity index (χ3n) is 18.8. The quantitative estimate of drug-likeness (QED) is 0.0169. The van der Waals surface area contributed by atoms with Crippen molar-refractivity contribution in [2.45, 2.75) is 425 Å². The predicted molar refractivity (Wildman–Crippen MR) is 409 cm³/mol. The molecule has 3 N–H and O–H groups in total. The van der Waals surface area contributed by atoms with Gasteiger partial charge in [-0.1, -0.05) is 354 Å². The van der Waals surface area contributed by atoms with Crippen LogP contribution in [0.15, 0.2) is 24.3 Å². The molecular weight excluding hydrogens is 1310 g/mol. The highest BCUT2D eigenvalue weighted by atomic mass is 31.2. The van der Waals surface area contributed by atoms with Gasteiger partial charge in [-0.05, 0) is 57.3 Å². The second kappa shape index (κ2) is 73.4. The first-order valence-corrected chi connectivity index (χ1v) is 44.5. The van der Waals surface area contributed by atoms with Crippen molar-refractivity contribution < 1.29 is 80.2 Å². The number of rotatable bonds is 79. The van der Waals surface area contributed by atoms with Crippen LogP contribution >= 0.6 is 15.6 Å². The van der Waals surface area contributed by atoms with E-state index in [1.807, 2.05) is 0 Å². The first-order chi connectivity index (χ1) is 48.6. The highest BCUT2D eigenvalue weighted by molar-refractivity contribution is 7.47. The van der Waals surface area contributed by atoms with Gasteiger partial charge in [-0.3, -0.25) is 37.3 Å². The molecule has 17 nitrogen and oxygen atoms in total. The van der Waals surface area contributed by atoms with Crippen molar-refractivity contribution in [3.63, 3.8) is 0 Å². The van der Waals surface area contributed by atoms with Crippen LogP contribution in [-0.2, 0) is 65.4 Å². The molecule has 590 valence electrons. The SMILES string of the molecule is CCCCCC/C=C\C=C/CCCCCCCC(=O)O[C@H](COC(=O)CCCCCCCCCCC(C)CC)COP(=O)(O)OC[C@H](O)COP(=O)(O)OC[C@@H](COC(=O)CCCCCCCCCCCCCCCCCC)OC(=O)CCCCCCCCCCCCCCCCCCC. The van der Waals surface area contributed by atoms with E-state index < -0.39 is 97.5 Å². The van der Waals surface area contributed by atoms with Crippen molar-refractivity contribution in [1.29, 1.82) is 0 Å². The van der Waals surface area contributed by atoms with Gasteiger partial charge in [0.05, 0.1) is 26.4 Å². The van der Waals surface area contributed by atoms with Gasteiger partial charge < -0.3 is 33.8 Å². The lowest BCUT2D eigenvalue weighted by molar-refractivity contribution is -0.161. The molecule has 0 rings (SSSR count). The largest absolute Gasteiger partial charge is 0.472 e. The molecular formula is C81H154O17P2. The molecule has 0 aromatic heterocycles. The third-order valence-corrected chi connectivity index (χ3v) is 20.7. The summed E-state index contributed by atoms with van der Waals surface area (Å²) in [6.07, 6.45) is 67.3. The zero-order valence-electron chi connectivity index (χ0n) is 64.8. The Hall–Kier alpha value is -2.46. The Labute approximate surface area is 612 Å². The minimum Gasteiger partial charge on any atom is -0.462 e. The fourth-order valence-electron chi connectivity index (χ4n) is 12.0. The van der Waals surface area contributed by atoms with Gasteiger partial charge in [0.2, 0.25) is 0 Å². The Morgan fingerprint density at radius 2 is 0.560 bits per heavy atom. The summed E-state index contributed by atoms with van der Waals surface area (Å²) in [5, 5.41) is 10.6. The second-order valence-electron chi connectivity index (χ2n) is 28.7. The molecule has 19 heteroatoms. The van der Waals surface area contributed by atoms with Gasteiger partial charge in [-0.25, -0.2) is 9.13 Å². The maximum absolute atomic E-state index is 13.1. The number of carbonyl (C=O) groups excluding carboxylic acids is 4. The molecule has 0 aliphatic rings. The van der Waals surface area contributed by atoms with Gasteiger partial charge >= 0.3 is 39.5 Å². The highest BCUT2D eigenvalue weighted by Gasteiger charge is 2.30. The number of ether oxygens (including phenoxy) is 4. The van der Waals surface area contributed by atoms with Crippen LogP contribution in [0.4, 0.5) is 0 Å². The smallest absolute Gasteiger partial charge is 0.462 e. The molecule has 0 saturated heterocycles. The number of esters is 4. The van der Waals surface area contributed by atoms with Crippen molar-refractivity contribution in [3.05, 3.63) is 24.3 Å². The molecule has 0 fully saturated rings. The topological polar surface area (TPSA) is 237 Å². The van der Waals surface area contributed by atoms with E-state index >= 15 is 0 Å². The van der Waals surface area contributed by atoms with Gasteiger partial charge in [0.1, 0.15) is 19.3 Å². The van der Waals surface area contributed by atoms with Crippen LogP contribution in [0.2, 0.25) is 0 Å². The van der Waals surface area contributed by atoms with Crippen LogP contribution in [0.5, 0.6) is 0 Å². The Morgan fingerprint density at radius 1 is 0.320 bits per heavy atom. The number of unbranched alkanes of at least 4 members (excludes halogenated alkanes) is 47. The van der Waals surface area contributed by atoms with Gasteiger partial charge in [0.15, 0.2) is 12.2 Å². The number of phosphoric acid groups is 2. The fraction of sp³-hybridized carbons (Fsp3) is 0.901.